The average Bonchev–Trinajstić information content (AvgIpc) is 2.38. The number of carbonyl (C=O) groups is 1. The molecule has 0 aliphatic carbocycles. The maximum atomic E-state index is 13.8. The summed E-state index contributed by atoms with van der Waals surface area (Å²) >= 11 is 5.69. The lowest BCUT2D eigenvalue weighted by Gasteiger charge is -2.34. The Morgan fingerprint density at radius 1 is 1.58 bits per heavy atom. The van der Waals surface area contributed by atoms with Crippen molar-refractivity contribution in [2.75, 3.05) is 32.1 Å². The van der Waals surface area contributed by atoms with Crippen LogP contribution in [0.25, 0.3) is 0 Å². The van der Waals surface area contributed by atoms with Gasteiger partial charge in [-0.3, -0.25) is 4.79 Å². The van der Waals surface area contributed by atoms with E-state index in [2.05, 4.69) is 4.98 Å². The van der Waals surface area contributed by atoms with E-state index in [4.69, 9.17) is 11.6 Å². The molecule has 1 atom stereocenters. The summed E-state index contributed by atoms with van der Waals surface area (Å²) in [6, 6.07) is 1.25. The van der Waals surface area contributed by atoms with Crippen molar-refractivity contribution < 1.29 is 9.18 Å². The Balaban J connectivity index is 2.15. The van der Waals surface area contributed by atoms with Crippen LogP contribution in [0.2, 0.25) is 5.02 Å². The number of hydrogen-bond acceptors (Lipinski definition) is 3. The van der Waals surface area contributed by atoms with Crippen LogP contribution in [0.5, 0.6) is 0 Å². The van der Waals surface area contributed by atoms with Gasteiger partial charge in [-0.1, -0.05) is 11.6 Å². The minimum absolute atomic E-state index is 0.0825. The number of pyridine rings is 1. The highest BCUT2D eigenvalue weighted by Gasteiger charge is 2.28. The van der Waals surface area contributed by atoms with Crippen LogP contribution in [0, 0.1) is 11.7 Å². The van der Waals surface area contributed by atoms with Crippen molar-refractivity contribution in [2.45, 2.75) is 12.8 Å². The Bertz CT molecular complexity index is 481. The number of amides is 1. The third-order valence-corrected chi connectivity index (χ3v) is 3.51. The molecule has 6 heteroatoms. The van der Waals surface area contributed by atoms with E-state index in [1.54, 1.807) is 19.0 Å². The Morgan fingerprint density at radius 3 is 2.95 bits per heavy atom. The number of rotatable bonds is 2. The molecular formula is C13H17ClFN3O. The summed E-state index contributed by atoms with van der Waals surface area (Å²) in [6.45, 7) is 1.21. The zero-order valence-electron chi connectivity index (χ0n) is 11.1. The molecule has 1 aromatic rings. The van der Waals surface area contributed by atoms with Crippen molar-refractivity contribution in [3.8, 4) is 0 Å². The van der Waals surface area contributed by atoms with Crippen molar-refractivity contribution >= 4 is 23.3 Å². The lowest BCUT2D eigenvalue weighted by Crippen LogP contribution is -2.43. The molecule has 0 spiro atoms. The first kappa shape index (κ1) is 14.1. The lowest BCUT2D eigenvalue weighted by atomic mass is 9.96. The van der Waals surface area contributed by atoms with E-state index in [-0.39, 0.29) is 22.7 Å². The normalized spacial score (nSPS) is 19.4. The van der Waals surface area contributed by atoms with Crippen LogP contribution >= 0.6 is 11.6 Å². The third kappa shape index (κ3) is 3.15. The molecule has 1 aliphatic heterocycles. The van der Waals surface area contributed by atoms with Crippen molar-refractivity contribution in [3.63, 3.8) is 0 Å². The lowest BCUT2D eigenvalue weighted by molar-refractivity contribution is -0.133. The average molecular weight is 286 g/mol. The van der Waals surface area contributed by atoms with Gasteiger partial charge in [0, 0.05) is 33.4 Å². The topological polar surface area (TPSA) is 36.4 Å². The number of hydrogen-bond donors (Lipinski definition) is 0. The molecule has 104 valence electrons. The van der Waals surface area contributed by atoms with Crippen molar-refractivity contribution in [2.24, 2.45) is 5.92 Å². The molecule has 19 heavy (non-hydrogen) atoms. The highest BCUT2D eigenvalue weighted by molar-refractivity contribution is 6.30. The van der Waals surface area contributed by atoms with Crippen molar-refractivity contribution in [1.82, 2.24) is 9.88 Å². The fourth-order valence-electron chi connectivity index (χ4n) is 2.38. The minimum Gasteiger partial charge on any atom is -0.353 e. The minimum atomic E-state index is -0.439. The van der Waals surface area contributed by atoms with Gasteiger partial charge in [-0.05, 0) is 18.9 Å². The molecule has 0 radical (unpaired) electrons. The van der Waals surface area contributed by atoms with E-state index in [0.29, 0.717) is 13.1 Å². The molecule has 1 fully saturated rings. The maximum absolute atomic E-state index is 13.8. The van der Waals surface area contributed by atoms with Crippen molar-refractivity contribution in [3.05, 3.63) is 23.1 Å². The van der Waals surface area contributed by atoms with Crippen LogP contribution in [-0.2, 0) is 4.79 Å². The smallest absolute Gasteiger partial charge is 0.226 e. The van der Waals surface area contributed by atoms with E-state index < -0.39 is 5.82 Å². The molecule has 1 aromatic heterocycles. The van der Waals surface area contributed by atoms with Crippen LogP contribution in [0.4, 0.5) is 10.2 Å². The molecule has 0 saturated carbocycles. The first-order chi connectivity index (χ1) is 8.99. The number of halogens is 2. The molecule has 1 unspecified atom stereocenters. The van der Waals surface area contributed by atoms with Gasteiger partial charge in [0.1, 0.15) is 0 Å². The number of nitrogens with zero attached hydrogens (tertiary/aromatic N) is 3. The molecule has 0 bridgehead atoms. The van der Waals surface area contributed by atoms with Gasteiger partial charge in [0.05, 0.1) is 10.9 Å². The number of carbonyl (C=O) groups excluding carboxylic acids is 1. The van der Waals surface area contributed by atoms with Crippen LogP contribution in [-0.4, -0.2) is 43.0 Å². The van der Waals surface area contributed by atoms with E-state index in [0.717, 1.165) is 12.8 Å². The summed E-state index contributed by atoms with van der Waals surface area (Å²) in [6.07, 6.45) is 3.12. The first-order valence-electron chi connectivity index (χ1n) is 6.26. The van der Waals surface area contributed by atoms with Gasteiger partial charge in [-0.25, -0.2) is 9.37 Å². The second kappa shape index (κ2) is 5.74. The van der Waals surface area contributed by atoms with E-state index in [1.807, 2.05) is 4.90 Å². The monoisotopic (exact) mass is 285 g/mol. The maximum Gasteiger partial charge on any atom is 0.226 e. The Labute approximate surface area is 117 Å². The summed E-state index contributed by atoms with van der Waals surface area (Å²) in [5.74, 6) is -0.175. The largest absolute Gasteiger partial charge is 0.353 e. The van der Waals surface area contributed by atoms with Gasteiger partial charge < -0.3 is 9.80 Å². The van der Waals surface area contributed by atoms with E-state index in [1.165, 1.54) is 12.3 Å². The fraction of sp³-hybridized carbons (Fsp3) is 0.538. The van der Waals surface area contributed by atoms with Crippen LogP contribution in [0.15, 0.2) is 12.3 Å². The zero-order valence-corrected chi connectivity index (χ0v) is 11.8. The summed E-state index contributed by atoms with van der Waals surface area (Å²) in [5.41, 5.74) is 0. The predicted octanol–water partition coefficient (Wildman–Crippen LogP) is 2.18. The number of piperidine rings is 1. The van der Waals surface area contributed by atoms with Gasteiger partial charge in [-0.2, -0.15) is 0 Å². The van der Waals surface area contributed by atoms with Gasteiger partial charge in [0.15, 0.2) is 11.6 Å². The second-order valence-electron chi connectivity index (χ2n) is 4.98. The molecule has 1 saturated heterocycles. The number of aromatic nitrogens is 1. The Kier molecular flexibility index (Phi) is 4.24. The molecule has 2 rings (SSSR count). The highest BCUT2D eigenvalue weighted by Crippen LogP contribution is 2.25. The summed E-state index contributed by atoms with van der Waals surface area (Å²) in [7, 11) is 3.48. The van der Waals surface area contributed by atoms with Crippen LogP contribution in [0.1, 0.15) is 12.8 Å². The predicted molar refractivity (Wildman–Crippen MR) is 72.8 cm³/mol. The zero-order chi connectivity index (χ0) is 14.0. The third-order valence-electron chi connectivity index (χ3n) is 3.30. The van der Waals surface area contributed by atoms with Gasteiger partial charge in [0.25, 0.3) is 0 Å². The van der Waals surface area contributed by atoms with Gasteiger partial charge in [0.2, 0.25) is 5.91 Å². The summed E-state index contributed by atoms with van der Waals surface area (Å²) in [5, 5.41) is 0.277. The van der Waals surface area contributed by atoms with Crippen molar-refractivity contribution in [1.29, 1.82) is 0 Å². The molecule has 1 amide bonds. The first-order valence-corrected chi connectivity index (χ1v) is 6.64. The highest BCUT2D eigenvalue weighted by atomic mass is 35.5. The SMILES string of the molecule is CN(C)C(=O)C1CCCN(c2ncc(Cl)cc2F)C1. The Morgan fingerprint density at radius 2 is 2.32 bits per heavy atom. The van der Waals surface area contributed by atoms with Gasteiger partial charge >= 0.3 is 0 Å². The summed E-state index contributed by atoms with van der Waals surface area (Å²) in [4.78, 5) is 19.4. The summed E-state index contributed by atoms with van der Waals surface area (Å²) < 4.78 is 13.8. The molecule has 1 aliphatic rings. The standard InChI is InChI=1S/C13H17ClFN3O/c1-17(2)13(19)9-4-3-5-18(8-9)12-11(15)6-10(14)7-16-12/h6-7,9H,3-5,8H2,1-2H3. The molecule has 4 nitrogen and oxygen atoms in total. The fourth-order valence-corrected chi connectivity index (χ4v) is 2.52. The molecule has 0 N–H and O–H groups in total. The van der Waals surface area contributed by atoms with Crippen LogP contribution < -0.4 is 4.90 Å². The van der Waals surface area contributed by atoms with E-state index in [9.17, 15) is 9.18 Å². The second-order valence-corrected chi connectivity index (χ2v) is 5.41. The molecule has 2 heterocycles. The molecular weight excluding hydrogens is 269 g/mol. The quantitative estimate of drug-likeness (QED) is 0.836. The molecule has 0 aromatic carbocycles. The number of anilines is 1. The van der Waals surface area contributed by atoms with E-state index >= 15 is 0 Å². The van der Waals surface area contributed by atoms with Crippen LogP contribution in [0.3, 0.4) is 0 Å². The Hall–Kier alpha value is -1.36. The van der Waals surface area contributed by atoms with Gasteiger partial charge in [-0.15, -0.1) is 0 Å².